The monoisotopic (exact) mass is 352 g/mol. The van der Waals surface area contributed by atoms with Gasteiger partial charge in [0, 0.05) is 12.6 Å². The molecule has 1 fully saturated rings. The SMILES string of the molecule is COC(=O)c1cc(F)ccc1S(=O)(=O)NCC(N)C1CC1.Cl. The number of hydrogen-bond donors (Lipinski definition) is 2. The lowest BCUT2D eigenvalue weighted by molar-refractivity contribution is 0.0595. The molecule has 0 bridgehead atoms. The van der Waals surface area contributed by atoms with Gasteiger partial charge in [0.15, 0.2) is 0 Å². The fraction of sp³-hybridized carbons (Fsp3) is 0.462. The number of esters is 1. The maximum Gasteiger partial charge on any atom is 0.339 e. The van der Waals surface area contributed by atoms with Crippen LogP contribution in [0.5, 0.6) is 0 Å². The highest BCUT2D eigenvalue weighted by molar-refractivity contribution is 7.89. The number of halogens is 2. The van der Waals surface area contributed by atoms with E-state index in [2.05, 4.69) is 9.46 Å². The average molecular weight is 353 g/mol. The zero-order chi connectivity index (χ0) is 15.6. The standard InChI is InChI=1S/C13H17FN2O4S.ClH/c1-20-13(17)10-6-9(14)4-5-12(10)21(18,19)16-7-11(15)8-2-3-8;/h4-6,8,11,16H,2-3,7,15H2,1H3;1H. The van der Waals surface area contributed by atoms with Crippen LogP contribution < -0.4 is 10.5 Å². The highest BCUT2D eigenvalue weighted by Crippen LogP contribution is 2.31. The van der Waals surface area contributed by atoms with Crippen LogP contribution in [0.3, 0.4) is 0 Å². The second kappa shape index (κ2) is 7.36. The molecule has 0 saturated heterocycles. The van der Waals surface area contributed by atoms with Gasteiger partial charge in [0.2, 0.25) is 10.0 Å². The number of benzene rings is 1. The third-order valence-corrected chi connectivity index (χ3v) is 4.85. The van der Waals surface area contributed by atoms with Crippen molar-refractivity contribution in [1.82, 2.24) is 4.72 Å². The Bertz CT molecular complexity index is 649. The number of carbonyl (C=O) groups excluding carboxylic acids is 1. The summed E-state index contributed by atoms with van der Waals surface area (Å²) < 4.78 is 44.5. The van der Waals surface area contributed by atoms with Crippen molar-refractivity contribution in [2.45, 2.75) is 23.8 Å². The molecule has 0 radical (unpaired) electrons. The molecule has 22 heavy (non-hydrogen) atoms. The fourth-order valence-electron chi connectivity index (χ4n) is 1.98. The Morgan fingerprint density at radius 3 is 2.68 bits per heavy atom. The molecule has 0 amide bonds. The van der Waals surface area contributed by atoms with E-state index in [9.17, 15) is 17.6 Å². The van der Waals surface area contributed by atoms with Crippen LogP contribution in [0, 0.1) is 11.7 Å². The first-order valence-corrected chi connectivity index (χ1v) is 7.96. The van der Waals surface area contributed by atoms with Crippen LogP contribution in [0.2, 0.25) is 0 Å². The first-order valence-electron chi connectivity index (χ1n) is 6.48. The third kappa shape index (κ3) is 4.39. The lowest BCUT2D eigenvalue weighted by atomic mass is 10.2. The summed E-state index contributed by atoms with van der Waals surface area (Å²) in [5.74, 6) is -1.30. The Hall–Kier alpha value is -1.22. The molecule has 1 aliphatic rings. The maximum absolute atomic E-state index is 13.2. The molecule has 1 saturated carbocycles. The van der Waals surface area contributed by atoms with Crippen molar-refractivity contribution in [3.05, 3.63) is 29.6 Å². The minimum absolute atomic E-state index is 0. The van der Waals surface area contributed by atoms with Gasteiger partial charge in [-0.05, 0) is 37.0 Å². The molecule has 1 aromatic carbocycles. The number of hydrogen-bond acceptors (Lipinski definition) is 5. The number of ether oxygens (including phenoxy) is 1. The lowest BCUT2D eigenvalue weighted by Crippen LogP contribution is -2.39. The number of methoxy groups -OCH3 is 1. The third-order valence-electron chi connectivity index (χ3n) is 3.37. The van der Waals surface area contributed by atoms with Crippen molar-refractivity contribution in [2.24, 2.45) is 11.7 Å². The summed E-state index contributed by atoms with van der Waals surface area (Å²) in [6.45, 7) is 0.0744. The van der Waals surface area contributed by atoms with E-state index in [1.807, 2.05) is 0 Å². The van der Waals surface area contributed by atoms with Gasteiger partial charge in [0.1, 0.15) is 5.82 Å². The Balaban J connectivity index is 0.00000242. The Kier molecular flexibility index (Phi) is 6.30. The van der Waals surface area contributed by atoms with Crippen molar-refractivity contribution in [3.8, 4) is 0 Å². The molecule has 6 nitrogen and oxygen atoms in total. The average Bonchev–Trinajstić information content (AvgIpc) is 3.28. The summed E-state index contributed by atoms with van der Waals surface area (Å²) in [5.41, 5.74) is 5.49. The summed E-state index contributed by atoms with van der Waals surface area (Å²) >= 11 is 0. The second-order valence-electron chi connectivity index (χ2n) is 4.99. The van der Waals surface area contributed by atoms with E-state index in [0.717, 1.165) is 38.2 Å². The van der Waals surface area contributed by atoms with Crippen molar-refractivity contribution < 1.29 is 22.3 Å². The Morgan fingerprint density at radius 1 is 1.50 bits per heavy atom. The van der Waals surface area contributed by atoms with E-state index in [0.29, 0.717) is 5.92 Å². The van der Waals surface area contributed by atoms with Crippen LogP contribution in [0.25, 0.3) is 0 Å². The van der Waals surface area contributed by atoms with E-state index in [1.54, 1.807) is 0 Å². The normalized spacial score (nSPS) is 15.8. The fourth-order valence-corrected chi connectivity index (χ4v) is 3.23. The van der Waals surface area contributed by atoms with Gasteiger partial charge in [-0.1, -0.05) is 0 Å². The van der Waals surface area contributed by atoms with Crippen LogP contribution in [0.1, 0.15) is 23.2 Å². The highest BCUT2D eigenvalue weighted by atomic mass is 35.5. The largest absolute Gasteiger partial charge is 0.465 e. The zero-order valence-electron chi connectivity index (χ0n) is 11.9. The van der Waals surface area contributed by atoms with E-state index < -0.39 is 21.8 Å². The molecular weight excluding hydrogens is 335 g/mol. The highest BCUT2D eigenvalue weighted by Gasteiger charge is 2.30. The van der Waals surface area contributed by atoms with E-state index in [1.165, 1.54) is 0 Å². The first-order chi connectivity index (χ1) is 9.85. The van der Waals surface area contributed by atoms with Gasteiger partial charge in [-0.25, -0.2) is 22.3 Å². The number of sulfonamides is 1. The molecule has 1 unspecified atom stereocenters. The molecule has 1 aliphatic carbocycles. The van der Waals surface area contributed by atoms with Crippen molar-refractivity contribution >= 4 is 28.4 Å². The molecule has 1 aromatic rings. The first kappa shape index (κ1) is 18.8. The smallest absolute Gasteiger partial charge is 0.339 e. The van der Waals surface area contributed by atoms with Gasteiger partial charge < -0.3 is 10.5 Å². The molecule has 2 rings (SSSR count). The molecule has 0 aliphatic heterocycles. The summed E-state index contributed by atoms with van der Waals surface area (Å²) in [6.07, 6.45) is 1.99. The summed E-state index contributed by atoms with van der Waals surface area (Å²) in [4.78, 5) is 11.3. The maximum atomic E-state index is 13.2. The molecular formula is C13H18ClFN2O4S. The van der Waals surface area contributed by atoms with Gasteiger partial charge in [0.05, 0.1) is 17.6 Å². The van der Waals surface area contributed by atoms with Crippen LogP contribution in [0.4, 0.5) is 4.39 Å². The number of carbonyl (C=O) groups is 1. The molecule has 9 heteroatoms. The van der Waals surface area contributed by atoms with Gasteiger partial charge in [-0.3, -0.25) is 0 Å². The van der Waals surface area contributed by atoms with Crippen molar-refractivity contribution in [1.29, 1.82) is 0 Å². The lowest BCUT2D eigenvalue weighted by Gasteiger charge is -2.14. The van der Waals surface area contributed by atoms with Gasteiger partial charge in [-0.15, -0.1) is 12.4 Å². The molecule has 124 valence electrons. The molecule has 0 aromatic heterocycles. The van der Waals surface area contributed by atoms with Crippen molar-refractivity contribution in [2.75, 3.05) is 13.7 Å². The summed E-state index contributed by atoms with van der Waals surface area (Å²) in [5, 5.41) is 0. The van der Waals surface area contributed by atoms with Gasteiger partial charge in [-0.2, -0.15) is 0 Å². The van der Waals surface area contributed by atoms with Gasteiger partial charge >= 0.3 is 5.97 Å². The quantitative estimate of drug-likeness (QED) is 0.746. The predicted molar refractivity (Wildman–Crippen MR) is 80.9 cm³/mol. The summed E-state index contributed by atoms with van der Waals surface area (Å²) in [6, 6.07) is 2.58. The molecule has 0 spiro atoms. The minimum Gasteiger partial charge on any atom is -0.465 e. The molecule has 1 atom stereocenters. The summed E-state index contributed by atoms with van der Waals surface area (Å²) in [7, 11) is -2.86. The predicted octanol–water partition coefficient (Wildman–Crippen LogP) is 1.05. The molecule has 0 heterocycles. The van der Waals surface area contributed by atoms with Gasteiger partial charge in [0.25, 0.3) is 0 Å². The number of nitrogens with one attached hydrogen (secondary N) is 1. The van der Waals surface area contributed by atoms with Crippen LogP contribution >= 0.6 is 12.4 Å². The molecule has 3 N–H and O–H groups in total. The Morgan fingerprint density at radius 2 is 2.14 bits per heavy atom. The minimum atomic E-state index is -3.96. The van der Waals surface area contributed by atoms with Crippen molar-refractivity contribution in [3.63, 3.8) is 0 Å². The van der Waals surface area contributed by atoms with E-state index in [-0.39, 0.29) is 35.5 Å². The van der Waals surface area contributed by atoms with Crippen LogP contribution in [-0.2, 0) is 14.8 Å². The van der Waals surface area contributed by atoms with E-state index >= 15 is 0 Å². The van der Waals surface area contributed by atoms with E-state index in [4.69, 9.17) is 5.73 Å². The second-order valence-corrected chi connectivity index (χ2v) is 6.72. The number of nitrogens with two attached hydrogens (primary N) is 1. The number of rotatable bonds is 6. The topological polar surface area (TPSA) is 98.5 Å². The van der Waals surface area contributed by atoms with Crippen LogP contribution in [0.15, 0.2) is 23.1 Å². The Labute approximate surface area is 134 Å². The van der Waals surface area contributed by atoms with Crippen LogP contribution in [-0.4, -0.2) is 34.1 Å². The zero-order valence-corrected chi connectivity index (χ0v) is 13.5.